The molecule has 5 heteroatoms. The first-order chi connectivity index (χ1) is 7.15. The minimum Gasteiger partial charge on any atom is -0.309 e. The molecule has 0 unspecified atom stereocenters. The highest BCUT2D eigenvalue weighted by atomic mass is 35.5. The van der Waals surface area contributed by atoms with Crippen LogP contribution in [0.3, 0.4) is 0 Å². The van der Waals surface area contributed by atoms with Gasteiger partial charge in [0.2, 0.25) is 0 Å². The molecule has 0 N–H and O–H groups in total. The maximum absolute atomic E-state index is 5.86. The summed E-state index contributed by atoms with van der Waals surface area (Å²) < 4.78 is 1.72. The smallest absolute Gasteiger partial charge is 0.155 e. The third-order valence-corrected chi connectivity index (χ3v) is 2.34. The second kappa shape index (κ2) is 4.16. The van der Waals surface area contributed by atoms with E-state index < -0.39 is 0 Å². The van der Waals surface area contributed by atoms with Crippen LogP contribution in [0.15, 0.2) is 18.3 Å². The van der Waals surface area contributed by atoms with Crippen molar-refractivity contribution >= 4 is 17.2 Å². The van der Waals surface area contributed by atoms with Gasteiger partial charge in [0.1, 0.15) is 0 Å². The number of likely N-dealkylation sites (N-methyl/N-ethyl adjacent to an activating group) is 1. The molecule has 0 saturated heterocycles. The highest BCUT2D eigenvalue weighted by Gasteiger charge is 2.03. The van der Waals surface area contributed by atoms with Crippen LogP contribution in [-0.4, -0.2) is 40.1 Å². The number of fused-ring (bicyclic) bond motifs is 1. The van der Waals surface area contributed by atoms with Gasteiger partial charge >= 0.3 is 0 Å². The summed E-state index contributed by atoms with van der Waals surface area (Å²) in [5.41, 5.74) is 0.841. The molecule has 2 aromatic heterocycles. The molecule has 2 heterocycles. The number of halogens is 1. The first kappa shape index (κ1) is 10.4. The van der Waals surface area contributed by atoms with Crippen molar-refractivity contribution in [3.63, 3.8) is 0 Å². The van der Waals surface area contributed by atoms with E-state index in [0.717, 1.165) is 24.4 Å². The molecule has 0 aliphatic carbocycles. The molecule has 0 saturated carbocycles. The Morgan fingerprint density at radius 2 is 2.20 bits per heavy atom. The standard InChI is InChI=1S/C10H13ClN4/c1-14(2)6-5-9-12-10-4-3-8(11)7-15(10)13-9/h3-4,7H,5-6H2,1-2H3. The van der Waals surface area contributed by atoms with E-state index in [0.29, 0.717) is 5.02 Å². The highest BCUT2D eigenvalue weighted by molar-refractivity contribution is 6.30. The Bertz CT molecular complexity index is 463. The third kappa shape index (κ3) is 2.46. The van der Waals surface area contributed by atoms with Crippen molar-refractivity contribution in [1.82, 2.24) is 19.5 Å². The molecule has 0 atom stereocenters. The summed E-state index contributed by atoms with van der Waals surface area (Å²) in [4.78, 5) is 6.50. The first-order valence-electron chi connectivity index (χ1n) is 4.81. The Hall–Kier alpha value is -1.13. The van der Waals surface area contributed by atoms with Crippen LogP contribution in [-0.2, 0) is 6.42 Å². The second-order valence-corrected chi connectivity index (χ2v) is 4.17. The van der Waals surface area contributed by atoms with Crippen molar-refractivity contribution in [2.45, 2.75) is 6.42 Å². The predicted molar refractivity (Wildman–Crippen MR) is 60.3 cm³/mol. The monoisotopic (exact) mass is 224 g/mol. The van der Waals surface area contributed by atoms with Crippen LogP contribution in [0.2, 0.25) is 5.02 Å². The van der Waals surface area contributed by atoms with Crippen molar-refractivity contribution in [2.24, 2.45) is 0 Å². The molecule has 0 radical (unpaired) electrons. The molecule has 2 aromatic rings. The number of aromatic nitrogens is 3. The van der Waals surface area contributed by atoms with E-state index in [9.17, 15) is 0 Å². The van der Waals surface area contributed by atoms with Gasteiger partial charge in [-0.2, -0.15) is 5.10 Å². The zero-order chi connectivity index (χ0) is 10.8. The predicted octanol–water partition coefficient (Wildman–Crippen LogP) is 1.49. The van der Waals surface area contributed by atoms with E-state index >= 15 is 0 Å². The summed E-state index contributed by atoms with van der Waals surface area (Å²) in [6, 6.07) is 3.69. The van der Waals surface area contributed by atoms with Crippen molar-refractivity contribution < 1.29 is 0 Å². The van der Waals surface area contributed by atoms with Crippen molar-refractivity contribution in [1.29, 1.82) is 0 Å². The zero-order valence-corrected chi connectivity index (χ0v) is 9.57. The topological polar surface area (TPSA) is 33.4 Å². The average molecular weight is 225 g/mol. The maximum Gasteiger partial charge on any atom is 0.155 e. The Morgan fingerprint density at radius 1 is 1.40 bits per heavy atom. The fourth-order valence-electron chi connectivity index (χ4n) is 1.33. The van der Waals surface area contributed by atoms with Gasteiger partial charge in [0.05, 0.1) is 5.02 Å². The molecular weight excluding hydrogens is 212 g/mol. The summed E-state index contributed by atoms with van der Waals surface area (Å²) in [6.45, 7) is 0.949. The lowest BCUT2D eigenvalue weighted by Gasteiger charge is -2.05. The van der Waals surface area contributed by atoms with Gasteiger partial charge in [0.15, 0.2) is 11.5 Å². The molecule has 0 aromatic carbocycles. The van der Waals surface area contributed by atoms with Crippen LogP contribution >= 0.6 is 11.6 Å². The van der Waals surface area contributed by atoms with Gasteiger partial charge in [-0.25, -0.2) is 9.50 Å². The molecule has 80 valence electrons. The molecule has 0 fully saturated rings. The summed E-state index contributed by atoms with van der Waals surface area (Å²) in [5.74, 6) is 0.853. The number of rotatable bonds is 3. The van der Waals surface area contributed by atoms with Gasteiger partial charge in [-0.3, -0.25) is 0 Å². The molecule has 0 spiro atoms. The first-order valence-corrected chi connectivity index (χ1v) is 5.18. The lowest BCUT2D eigenvalue weighted by Crippen LogP contribution is -2.15. The molecule has 0 amide bonds. The van der Waals surface area contributed by atoms with Gasteiger partial charge in [0, 0.05) is 19.2 Å². The van der Waals surface area contributed by atoms with E-state index in [1.807, 2.05) is 26.2 Å². The Balaban J connectivity index is 2.23. The van der Waals surface area contributed by atoms with Gasteiger partial charge in [-0.15, -0.1) is 0 Å². The van der Waals surface area contributed by atoms with E-state index in [4.69, 9.17) is 11.6 Å². The molecule has 15 heavy (non-hydrogen) atoms. The lowest BCUT2D eigenvalue weighted by molar-refractivity contribution is 0.409. The van der Waals surface area contributed by atoms with Crippen LogP contribution in [0.25, 0.3) is 5.65 Å². The van der Waals surface area contributed by atoms with Gasteiger partial charge < -0.3 is 4.90 Å². The zero-order valence-electron chi connectivity index (χ0n) is 8.81. The molecule has 0 bridgehead atoms. The number of nitrogens with zero attached hydrogens (tertiary/aromatic N) is 4. The van der Waals surface area contributed by atoms with Gasteiger partial charge in [-0.1, -0.05) is 11.6 Å². The fourth-order valence-corrected chi connectivity index (χ4v) is 1.49. The Kier molecular flexibility index (Phi) is 2.88. The molecular formula is C10H13ClN4. The number of pyridine rings is 1. The Labute approximate surface area is 93.5 Å². The van der Waals surface area contributed by atoms with Crippen molar-refractivity contribution in [3.05, 3.63) is 29.2 Å². The minimum atomic E-state index is 0.673. The van der Waals surface area contributed by atoms with Crippen LogP contribution in [0.4, 0.5) is 0 Å². The molecule has 0 aliphatic rings. The van der Waals surface area contributed by atoms with Gasteiger partial charge in [-0.05, 0) is 26.2 Å². The Morgan fingerprint density at radius 3 is 2.93 bits per heavy atom. The fraction of sp³-hybridized carbons (Fsp3) is 0.400. The highest BCUT2D eigenvalue weighted by Crippen LogP contribution is 2.09. The second-order valence-electron chi connectivity index (χ2n) is 3.73. The number of hydrogen-bond acceptors (Lipinski definition) is 3. The van der Waals surface area contributed by atoms with E-state index in [-0.39, 0.29) is 0 Å². The van der Waals surface area contributed by atoms with Crippen LogP contribution in [0, 0.1) is 0 Å². The lowest BCUT2D eigenvalue weighted by atomic mass is 10.4. The normalized spacial score (nSPS) is 11.5. The van der Waals surface area contributed by atoms with Gasteiger partial charge in [0.25, 0.3) is 0 Å². The molecule has 4 nitrogen and oxygen atoms in total. The van der Waals surface area contributed by atoms with Crippen molar-refractivity contribution in [3.8, 4) is 0 Å². The quantitative estimate of drug-likeness (QED) is 0.792. The van der Waals surface area contributed by atoms with E-state index in [1.165, 1.54) is 0 Å². The van der Waals surface area contributed by atoms with Crippen molar-refractivity contribution in [2.75, 3.05) is 20.6 Å². The van der Waals surface area contributed by atoms with Crippen LogP contribution in [0.5, 0.6) is 0 Å². The third-order valence-electron chi connectivity index (χ3n) is 2.12. The average Bonchev–Trinajstić information content (AvgIpc) is 2.56. The van der Waals surface area contributed by atoms with E-state index in [2.05, 4.69) is 15.0 Å². The minimum absolute atomic E-state index is 0.673. The number of hydrogen-bond donors (Lipinski definition) is 0. The van der Waals surface area contributed by atoms with E-state index in [1.54, 1.807) is 10.7 Å². The SMILES string of the molecule is CN(C)CCc1nc2ccc(Cl)cn2n1. The maximum atomic E-state index is 5.86. The summed E-state index contributed by atoms with van der Waals surface area (Å²) in [5, 5.41) is 5.01. The largest absolute Gasteiger partial charge is 0.309 e. The van der Waals surface area contributed by atoms with Crippen LogP contribution < -0.4 is 0 Å². The summed E-state index contributed by atoms with van der Waals surface area (Å²) >= 11 is 5.86. The van der Waals surface area contributed by atoms with Crippen LogP contribution in [0.1, 0.15) is 5.82 Å². The molecule has 2 rings (SSSR count). The summed E-state index contributed by atoms with van der Waals surface area (Å²) in [7, 11) is 4.07. The summed E-state index contributed by atoms with van der Waals surface area (Å²) in [6.07, 6.45) is 2.62. The molecule has 0 aliphatic heterocycles.